The van der Waals surface area contributed by atoms with Gasteiger partial charge in [0.1, 0.15) is 11.6 Å². The van der Waals surface area contributed by atoms with Crippen LogP contribution in [0.15, 0.2) is 60.8 Å². The average molecular weight is 365 g/mol. The number of carbonyl (C=O) groups is 1. The van der Waals surface area contributed by atoms with Gasteiger partial charge in [0.25, 0.3) is 5.91 Å². The third-order valence-corrected chi connectivity index (χ3v) is 3.89. The molecule has 0 saturated carbocycles. The Morgan fingerprint density at radius 1 is 1.07 bits per heavy atom. The minimum absolute atomic E-state index is 0.101. The molecule has 0 aliphatic rings. The van der Waals surface area contributed by atoms with E-state index in [9.17, 15) is 9.18 Å². The third kappa shape index (κ3) is 5.10. The average Bonchev–Trinajstić information content (AvgIpc) is 2.69. The van der Waals surface area contributed by atoms with Crippen LogP contribution in [0.4, 0.5) is 4.39 Å². The first-order valence-corrected chi connectivity index (χ1v) is 8.81. The molecule has 0 fully saturated rings. The highest BCUT2D eigenvalue weighted by Gasteiger charge is 2.07. The van der Waals surface area contributed by atoms with Gasteiger partial charge in [-0.15, -0.1) is 0 Å². The zero-order valence-electron chi connectivity index (χ0n) is 15.0. The van der Waals surface area contributed by atoms with Gasteiger partial charge in [0.15, 0.2) is 5.82 Å². The molecule has 6 heteroatoms. The van der Waals surface area contributed by atoms with Crippen LogP contribution < -0.4 is 10.1 Å². The Morgan fingerprint density at radius 2 is 1.81 bits per heavy atom. The molecule has 0 saturated heterocycles. The molecule has 1 heterocycles. The Balaban J connectivity index is 1.67. The van der Waals surface area contributed by atoms with E-state index < -0.39 is 0 Å². The molecule has 0 unspecified atom stereocenters. The van der Waals surface area contributed by atoms with E-state index in [0.717, 1.165) is 12.8 Å². The van der Waals surface area contributed by atoms with Gasteiger partial charge in [0.05, 0.1) is 0 Å². The Hall–Kier alpha value is -3.28. The number of benzene rings is 2. The van der Waals surface area contributed by atoms with Crippen molar-refractivity contribution in [2.75, 3.05) is 6.54 Å². The van der Waals surface area contributed by atoms with Gasteiger partial charge in [-0.05, 0) is 55.0 Å². The van der Waals surface area contributed by atoms with Gasteiger partial charge in [0, 0.05) is 29.9 Å². The lowest BCUT2D eigenvalue weighted by atomic mass is 10.2. The van der Waals surface area contributed by atoms with Crippen molar-refractivity contribution in [1.82, 2.24) is 15.3 Å². The van der Waals surface area contributed by atoms with Gasteiger partial charge in [-0.1, -0.05) is 13.3 Å². The van der Waals surface area contributed by atoms with E-state index in [2.05, 4.69) is 22.2 Å². The topological polar surface area (TPSA) is 64.1 Å². The summed E-state index contributed by atoms with van der Waals surface area (Å²) in [5, 5.41) is 2.87. The maximum Gasteiger partial charge on any atom is 0.251 e. The van der Waals surface area contributed by atoms with E-state index in [1.165, 1.54) is 12.1 Å². The minimum atomic E-state index is -0.315. The van der Waals surface area contributed by atoms with Crippen LogP contribution >= 0.6 is 0 Å². The van der Waals surface area contributed by atoms with Crippen LogP contribution in [-0.2, 0) is 0 Å². The number of rotatable bonds is 7. The number of halogens is 1. The summed E-state index contributed by atoms with van der Waals surface area (Å²) in [6, 6.07) is 14.4. The van der Waals surface area contributed by atoms with Crippen molar-refractivity contribution in [3.05, 3.63) is 72.2 Å². The van der Waals surface area contributed by atoms with Crippen molar-refractivity contribution >= 4 is 5.91 Å². The van der Waals surface area contributed by atoms with E-state index in [1.54, 1.807) is 48.7 Å². The lowest BCUT2D eigenvalue weighted by molar-refractivity contribution is 0.0953. The predicted octanol–water partition coefficient (Wildman–Crippen LogP) is 4.60. The van der Waals surface area contributed by atoms with E-state index in [-0.39, 0.29) is 11.7 Å². The number of amides is 1. The lowest BCUT2D eigenvalue weighted by Crippen LogP contribution is -2.24. The molecule has 0 bridgehead atoms. The zero-order chi connectivity index (χ0) is 19.1. The van der Waals surface area contributed by atoms with Crippen molar-refractivity contribution < 1.29 is 13.9 Å². The lowest BCUT2D eigenvalue weighted by Gasteiger charge is -2.08. The first-order valence-electron chi connectivity index (χ1n) is 8.81. The molecule has 1 amide bonds. The molecule has 0 spiro atoms. The first kappa shape index (κ1) is 18.5. The van der Waals surface area contributed by atoms with E-state index in [1.807, 2.05) is 0 Å². The van der Waals surface area contributed by atoms with Crippen LogP contribution in [0.2, 0.25) is 0 Å². The molecule has 0 aliphatic carbocycles. The van der Waals surface area contributed by atoms with Crippen molar-refractivity contribution in [2.24, 2.45) is 0 Å². The van der Waals surface area contributed by atoms with Crippen LogP contribution in [0.25, 0.3) is 11.4 Å². The number of carbonyl (C=O) groups excluding carboxylic acids is 1. The predicted molar refractivity (Wildman–Crippen MR) is 101 cm³/mol. The molecule has 3 rings (SSSR count). The largest absolute Gasteiger partial charge is 0.439 e. The summed E-state index contributed by atoms with van der Waals surface area (Å²) in [6.07, 6.45) is 3.57. The van der Waals surface area contributed by atoms with Gasteiger partial charge in [0.2, 0.25) is 5.88 Å². The summed E-state index contributed by atoms with van der Waals surface area (Å²) in [4.78, 5) is 20.5. The quantitative estimate of drug-likeness (QED) is 0.621. The third-order valence-electron chi connectivity index (χ3n) is 3.89. The Bertz CT molecular complexity index is 896. The van der Waals surface area contributed by atoms with Crippen LogP contribution in [-0.4, -0.2) is 22.4 Å². The van der Waals surface area contributed by atoms with Crippen LogP contribution in [0.3, 0.4) is 0 Å². The van der Waals surface area contributed by atoms with Gasteiger partial charge in [-0.3, -0.25) is 4.79 Å². The van der Waals surface area contributed by atoms with Crippen molar-refractivity contribution in [3.63, 3.8) is 0 Å². The number of nitrogens with zero attached hydrogens (tertiary/aromatic N) is 2. The Labute approximate surface area is 157 Å². The normalized spacial score (nSPS) is 10.4. The number of aromatic nitrogens is 2. The second-order valence-electron chi connectivity index (χ2n) is 5.96. The SMILES string of the molecule is CCCCNC(=O)c1ccc(Oc2ccnc(-c3ccc(F)cc3)n2)cc1. The molecule has 1 aromatic heterocycles. The summed E-state index contributed by atoms with van der Waals surface area (Å²) in [6.45, 7) is 2.74. The van der Waals surface area contributed by atoms with Gasteiger partial charge >= 0.3 is 0 Å². The standard InChI is InChI=1S/C21H20FN3O2/c1-2-3-13-24-21(26)16-6-10-18(11-7-16)27-19-12-14-23-20(25-19)15-4-8-17(22)9-5-15/h4-12,14H,2-3,13H2,1H3,(H,24,26). The fourth-order valence-electron chi connectivity index (χ4n) is 2.41. The van der Waals surface area contributed by atoms with E-state index in [4.69, 9.17) is 4.74 Å². The molecule has 1 N–H and O–H groups in total. The van der Waals surface area contributed by atoms with Crippen LogP contribution in [0.5, 0.6) is 11.6 Å². The van der Waals surface area contributed by atoms with Gasteiger partial charge < -0.3 is 10.1 Å². The smallest absolute Gasteiger partial charge is 0.251 e. The molecule has 0 aliphatic heterocycles. The molecule has 0 atom stereocenters. The Kier molecular flexibility index (Phi) is 6.10. The molecule has 3 aromatic rings. The molecule has 138 valence electrons. The Morgan fingerprint density at radius 3 is 2.52 bits per heavy atom. The maximum absolute atomic E-state index is 13.1. The molecular weight excluding hydrogens is 345 g/mol. The summed E-state index contributed by atoms with van der Waals surface area (Å²) in [7, 11) is 0. The highest BCUT2D eigenvalue weighted by atomic mass is 19.1. The fourth-order valence-corrected chi connectivity index (χ4v) is 2.41. The van der Waals surface area contributed by atoms with Crippen molar-refractivity contribution in [2.45, 2.75) is 19.8 Å². The van der Waals surface area contributed by atoms with Crippen LogP contribution in [0.1, 0.15) is 30.1 Å². The number of hydrogen-bond donors (Lipinski definition) is 1. The highest BCUT2D eigenvalue weighted by molar-refractivity contribution is 5.94. The summed E-state index contributed by atoms with van der Waals surface area (Å²) < 4.78 is 18.8. The fraction of sp³-hybridized carbons (Fsp3) is 0.190. The van der Waals surface area contributed by atoms with Gasteiger partial charge in [-0.25, -0.2) is 9.37 Å². The molecule has 0 radical (unpaired) electrons. The minimum Gasteiger partial charge on any atom is -0.439 e. The van der Waals surface area contributed by atoms with E-state index >= 15 is 0 Å². The number of unbranched alkanes of at least 4 members (excludes halogenated alkanes) is 1. The van der Waals surface area contributed by atoms with Gasteiger partial charge in [-0.2, -0.15) is 4.98 Å². The first-order chi connectivity index (χ1) is 13.2. The second kappa shape index (κ2) is 8.89. The molecular formula is C21H20FN3O2. The molecule has 5 nitrogen and oxygen atoms in total. The van der Waals surface area contributed by atoms with Crippen LogP contribution in [0, 0.1) is 5.82 Å². The second-order valence-corrected chi connectivity index (χ2v) is 5.96. The number of nitrogens with one attached hydrogen (secondary N) is 1. The number of ether oxygens (including phenoxy) is 1. The molecule has 2 aromatic carbocycles. The summed E-state index contributed by atoms with van der Waals surface area (Å²) in [5.41, 5.74) is 1.27. The van der Waals surface area contributed by atoms with Crippen molar-refractivity contribution in [1.29, 1.82) is 0 Å². The monoisotopic (exact) mass is 365 g/mol. The molecule has 27 heavy (non-hydrogen) atoms. The van der Waals surface area contributed by atoms with Crippen molar-refractivity contribution in [3.8, 4) is 23.0 Å². The van der Waals surface area contributed by atoms with E-state index in [0.29, 0.717) is 35.1 Å². The highest BCUT2D eigenvalue weighted by Crippen LogP contribution is 2.22. The number of hydrogen-bond acceptors (Lipinski definition) is 4. The summed E-state index contributed by atoms with van der Waals surface area (Å²) in [5.74, 6) is 0.952. The summed E-state index contributed by atoms with van der Waals surface area (Å²) >= 11 is 0. The maximum atomic E-state index is 13.1. The zero-order valence-corrected chi connectivity index (χ0v) is 15.0.